The van der Waals surface area contributed by atoms with Gasteiger partial charge >= 0.3 is 0 Å². The van der Waals surface area contributed by atoms with Gasteiger partial charge in [0.2, 0.25) is 0 Å². The maximum Gasteiger partial charge on any atom is 0.192 e. The number of ketones is 1. The Balaban J connectivity index is 2.23. The van der Waals surface area contributed by atoms with Gasteiger partial charge in [0.1, 0.15) is 11.4 Å². The molecule has 19 heavy (non-hydrogen) atoms. The Morgan fingerprint density at radius 1 is 1.26 bits per heavy atom. The van der Waals surface area contributed by atoms with Crippen LogP contribution in [0.1, 0.15) is 38.3 Å². The summed E-state index contributed by atoms with van der Waals surface area (Å²) in [6.07, 6.45) is 0.758. The van der Waals surface area contributed by atoms with Crippen molar-refractivity contribution in [1.29, 1.82) is 0 Å². The predicted octanol–water partition coefficient (Wildman–Crippen LogP) is 3.83. The van der Waals surface area contributed by atoms with Gasteiger partial charge in [-0.1, -0.05) is 37.8 Å². The summed E-state index contributed by atoms with van der Waals surface area (Å²) in [5.41, 5.74) is 3.03. The van der Waals surface area contributed by atoms with Gasteiger partial charge in [0, 0.05) is 16.7 Å². The maximum atomic E-state index is 12.4. The van der Waals surface area contributed by atoms with Crippen molar-refractivity contribution in [2.75, 3.05) is 0 Å². The van der Waals surface area contributed by atoms with Crippen LogP contribution in [0.15, 0.2) is 36.4 Å². The van der Waals surface area contributed by atoms with E-state index in [1.54, 1.807) is 0 Å². The molecule has 1 aromatic rings. The zero-order valence-corrected chi connectivity index (χ0v) is 11.6. The van der Waals surface area contributed by atoms with E-state index in [0.717, 1.165) is 28.9 Å². The Morgan fingerprint density at radius 3 is 2.58 bits per heavy atom. The highest BCUT2D eigenvalue weighted by molar-refractivity contribution is 6.33. The molecule has 2 nitrogen and oxygen atoms in total. The number of hydrogen-bond acceptors (Lipinski definition) is 2. The highest BCUT2D eigenvalue weighted by atomic mass is 16.5. The molecule has 0 fully saturated rings. The van der Waals surface area contributed by atoms with Gasteiger partial charge in [0.05, 0.1) is 0 Å². The maximum absolute atomic E-state index is 12.4. The minimum absolute atomic E-state index is 0.0380. The molecule has 1 aliphatic heterocycles. The molecular weight excluding hydrogens is 236 g/mol. The Hall–Kier alpha value is -1.83. The summed E-state index contributed by atoms with van der Waals surface area (Å²) < 4.78 is 6.15. The molecule has 1 aliphatic carbocycles. The van der Waals surface area contributed by atoms with Crippen LogP contribution in [0.4, 0.5) is 0 Å². The molecule has 98 valence electrons. The molecule has 1 heterocycles. The van der Waals surface area contributed by atoms with Crippen LogP contribution in [0.25, 0.3) is 11.3 Å². The fraction of sp³-hybridized carbons (Fsp3) is 0.353. The minimum Gasteiger partial charge on any atom is -0.486 e. The quantitative estimate of drug-likeness (QED) is 0.658. The van der Waals surface area contributed by atoms with E-state index in [0.29, 0.717) is 11.5 Å². The monoisotopic (exact) mass is 254 g/mol. The average Bonchev–Trinajstić information content (AvgIpc) is 2.38. The van der Waals surface area contributed by atoms with Gasteiger partial charge in [0.25, 0.3) is 0 Å². The van der Waals surface area contributed by atoms with Crippen molar-refractivity contribution in [3.05, 3.63) is 47.5 Å². The molecule has 0 radical (unpaired) electrons. The summed E-state index contributed by atoms with van der Waals surface area (Å²) in [7, 11) is 0. The third-order valence-corrected chi connectivity index (χ3v) is 4.38. The molecule has 1 aromatic carbocycles. The van der Waals surface area contributed by atoms with Crippen LogP contribution >= 0.6 is 0 Å². The molecule has 2 heteroatoms. The third kappa shape index (κ3) is 1.66. The smallest absolute Gasteiger partial charge is 0.192 e. The van der Waals surface area contributed by atoms with Crippen molar-refractivity contribution in [1.82, 2.24) is 0 Å². The summed E-state index contributed by atoms with van der Waals surface area (Å²) in [6.45, 7) is 10.2. The van der Waals surface area contributed by atoms with E-state index >= 15 is 0 Å². The number of allylic oxidation sites excluding steroid dienone is 2. The number of carbonyl (C=O) groups is 1. The molecule has 0 N–H and O–H groups in total. The van der Waals surface area contributed by atoms with Gasteiger partial charge in [-0.2, -0.15) is 0 Å². The van der Waals surface area contributed by atoms with Crippen LogP contribution in [-0.4, -0.2) is 11.4 Å². The van der Waals surface area contributed by atoms with Crippen LogP contribution in [0, 0.1) is 5.92 Å². The number of fused-ring (bicyclic) bond motifs is 2. The zero-order chi connectivity index (χ0) is 13.8. The SMILES string of the molecule is C=C1C(=O)C2=C(OC(C)(C)C(C)C2)c2ccccc21. The molecular formula is C17H18O2. The summed E-state index contributed by atoms with van der Waals surface area (Å²) in [5, 5.41) is 0. The molecule has 1 atom stereocenters. The van der Waals surface area contributed by atoms with E-state index < -0.39 is 0 Å². The van der Waals surface area contributed by atoms with E-state index in [1.165, 1.54) is 0 Å². The van der Waals surface area contributed by atoms with E-state index in [2.05, 4.69) is 27.4 Å². The van der Waals surface area contributed by atoms with Gasteiger partial charge in [0.15, 0.2) is 5.78 Å². The van der Waals surface area contributed by atoms with Crippen molar-refractivity contribution in [3.63, 3.8) is 0 Å². The number of benzene rings is 1. The van der Waals surface area contributed by atoms with Crippen molar-refractivity contribution >= 4 is 17.1 Å². The van der Waals surface area contributed by atoms with Crippen molar-refractivity contribution in [3.8, 4) is 0 Å². The molecule has 0 aromatic heterocycles. The molecule has 0 bridgehead atoms. The standard InChI is InChI=1S/C17H18O2/c1-10-9-14-15(18)11(2)12-7-5-6-8-13(12)16(14)19-17(10,3)4/h5-8,10H,2,9H2,1,3-4H3. The van der Waals surface area contributed by atoms with Crippen LogP contribution < -0.4 is 0 Å². The second-order valence-corrected chi connectivity index (χ2v) is 5.97. The number of rotatable bonds is 0. The molecule has 2 aliphatic rings. The normalized spacial score (nSPS) is 24.7. The van der Waals surface area contributed by atoms with Gasteiger partial charge in [-0.25, -0.2) is 0 Å². The number of hydrogen-bond donors (Lipinski definition) is 0. The van der Waals surface area contributed by atoms with Crippen LogP contribution in [0.5, 0.6) is 0 Å². The van der Waals surface area contributed by atoms with Gasteiger partial charge < -0.3 is 4.74 Å². The topological polar surface area (TPSA) is 26.3 Å². The third-order valence-electron chi connectivity index (χ3n) is 4.38. The summed E-state index contributed by atoms with van der Waals surface area (Å²) >= 11 is 0. The van der Waals surface area contributed by atoms with Crippen molar-refractivity contribution in [2.45, 2.75) is 32.8 Å². The van der Waals surface area contributed by atoms with Gasteiger partial charge in [-0.05, 0) is 31.7 Å². The lowest BCUT2D eigenvalue weighted by molar-refractivity contribution is -0.111. The van der Waals surface area contributed by atoms with Crippen molar-refractivity contribution < 1.29 is 9.53 Å². The zero-order valence-electron chi connectivity index (χ0n) is 11.6. The number of ether oxygens (including phenoxy) is 1. The second kappa shape index (κ2) is 3.83. The van der Waals surface area contributed by atoms with Gasteiger partial charge in [-0.15, -0.1) is 0 Å². The fourth-order valence-corrected chi connectivity index (χ4v) is 2.73. The summed E-state index contributed by atoms with van der Waals surface area (Å²) in [4.78, 5) is 12.4. The van der Waals surface area contributed by atoms with E-state index in [9.17, 15) is 4.79 Å². The van der Waals surface area contributed by atoms with Crippen molar-refractivity contribution in [2.24, 2.45) is 5.92 Å². The second-order valence-electron chi connectivity index (χ2n) is 5.97. The summed E-state index contributed by atoms with van der Waals surface area (Å²) in [6, 6.07) is 7.85. The highest BCUT2D eigenvalue weighted by Crippen LogP contribution is 2.46. The van der Waals surface area contributed by atoms with Gasteiger partial charge in [-0.3, -0.25) is 4.79 Å². The molecule has 0 saturated carbocycles. The summed E-state index contributed by atoms with van der Waals surface area (Å²) in [5.74, 6) is 1.11. The first-order chi connectivity index (χ1) is 8.92. The lowest BCUT2D eigenvalue weighted by atomic mass is 9.76. The Morgan fingerprint density at radius 2 is 1.89 bits per heavy atom. The van der Waals surface area contributed by atoms with Crippen LogP contribution in [-0.2, 0) is 9.53 Å². The largest absolute Gasteiger partial charge is 0.486 e. The van der Waals surface area contributed by atoms with Crippen LogP contribution in [0.3, 0.4) is 0 Å². The Kier molecular flexibility index (Phi) is 2.46. The van der Waals surface area contributed by atoms with Crippen LogP contribution in [0.2, 0.25) is 0 Å². The molecule has 0 spiro atoms. The molecule has 1 unspecified atom stereocenters. The Bertz CT molecular complexity index is 620. The Labute approximate surface area is 113 Å². The molecule has 0 amide bonds. The number of Topliss-reactive ketones (excluding diaryl/α,β-unsaturated/α-hetero) is 1. The minimum atomic E-state index is -0.245. The van der Waals surface area contributed by atoms with E-state index in [-0.39, 0.29) is 11.4 Å². The molecule has 0 saturated heterocycles. The predicted molar refractivity (Wildman–Crippen MR) is 76.3 cm³/mol. The highest BCUT2D eigenvalue weighted by Gasteiger charge is 2.41. The lowest BCUT2D eigenvalue weighted by Gasteiger charge is -2.41. The van der Waals surface area contributed by atoms with E-state index in [4.69, 9.17) is 4.74 Å². The molecule has 3 rings (SSSR count). The van der Waals surface area contributed by atoms with E-state index in [1.807, 2.05) is 24.3 Å². The first kappa shape index (κ1) is 12.2. The first-order valence-electron chi connectivity index (χ1n) is 6.67. The lowest BCUT2D eigenvalue weighted by Crippen LogP contribution is -2.38. The number of carbonyl (C=O) groups excluding carboxylic acids is 1. The first-order valence-corrected chi connectivity index (χ1v) is 6.67. The fourth-order valence-electron chi connectivity index (χ4n) is 2.73. The average molecular weight is 254 g/mol.